The summed E-state index contributed by atoms with van der Waals surface area (Å²) < 4.78 is 1.69. The number of carbonyl (C=O) groups excluding carboxylic acids is 2. The lowest BCUT2D eigenvalue weighted by molar-refractivity contribution is 0.0762. The summed E-state index contributed by atoms with van der Waals surface area (Å²) in [7, 11) is 0. The molecule has 8 heteroatoms. The molecule has 0 saturated carbocycles. The summed E-state index contributed by atoms with van der Waals surface area (Å²) in [5.41, 5.74) is 3.69. The van der Waals surface area contributed by atoms with E-state index in [9.17, 15) is 9.59 Å². The van der Waals surface area contributed by atoms with Gasteiger partial charge in [-0.2, -0.15) is 5.10 Å². The summed E-state index contributed by atoms with van der Waals surface area (Å²) in [5, 5.41) is 7.20. The quantitative estimate of drug-likeness (QED) is 0.686. The van der Waals surface area contributed by atoms with Gasteiger partial charge in [0, 0.05) is 31.7 Å². The van der Waals surface area contributed by atoms with Crippen LogP contribution in [0.2, 0.25) is 0 Å². The third-order valence-electron chi connectivity index (χ3n) is 5.75. The number of rotatable bonds is 4. The van der Waals surface area contributed by atoms with E-state index >= 15 is 0 Å². The molecule has 1 fully saturated rings. The fourth-order valence-corrected chi connectivity index (χ4v) is 3.90. The number of benzene rings is 2. The second kappa shape index (κ2) is 9.64. The van der Waals surface area contributed by atoms with Gasteiger partial charge in [-0.05, 0) is 50.1 Å². The Bertz CT molecular complexity index is 1060. The molecule has 1 aromatic heterocycles. The van der Waals surface area contributed by atoms with Crippen LogP contribution in [0.3, 0.4) is 0 Å². The molecule has 0 aliphatic carbocycles. The van der Waals surface area contributed by atoms with Gasteiger partial charge in [-0.25, -0.2) is 14.5 Å². The van der Waals surface area contributed by atoms with Crippen molar-refractivity contribution in [2.24, 2.45) is 0 Å². The molecule has 0 radical (unpaired) electrons. The number of carbonyl (C=O) groups is 2. The summed E-state index contributed by atoms with van der Waals surface area (Å²) in [6, 6.07) is 15.3. The highest BCUT2D eigenvalue weighted by molar-refractivity contribution is 5.94. The van der Waals surface area contributed by atoms with E-state index in [1.807, 2.05) is 67.3 Å². The van der Waals surface area contributed by atoms with Crippen LogP contribution in [0.25, 0.3) is 5.69 Å². The molecule has 1 N–H and O–H groups in total. The maximum Gasteiger partial charge on any atom is 0.317 e. The molecule has 0 spiro atoms. The molecule has 166 valence electrons. The van der Waals surface area contributed by atoms with Crippen molar-refractivity contribution >= 4 is 11.9 Å². The zero-order valence-corrected chi connectivity index (χ0v) is 18.4. The molecular formula is C24H28N6O2. The van der Waals surface area contributed by atoms with Crippen molar-refractivity contribution < 1.29 is 9.59 Å². The Balaban J connectivity index is 1.33. The van der Waals surface area contributed by atoms with E-state index in [0.29, 0.717) is 31.7 Å². The van der Waals surface area contributed by atoms with Gasteiger partial charge in [-0.15, -0.1) is 0 Å². The standard InChI is InChI=1S/C24H28N6O2/c1-18-5-3-6-21(15-18)23(31)28-11-4-12-29(14-13-28)24(32)27-19(2)20-7-9-22(10-8-20)30-17-25-16-26-30/h3,5-10,15-17,19H,4,11-14H2,1-2H3,(H,27,32). The molecule has 4 rings (SSSR count). The highest BCUT2D eigenvalue weighted by Gasteiger charge is 2.23. The van der Waals surface area contributed by atoms with Gasteiger partial charge in [-0.3, -0.25) is 4.79 Å². The lowest BCUT2D eigenvalue weighted by Gasteiger charge is -2.24. The predicted molar refractivity (Wildman–Crippen MR) is 122 cm³/mol. The van der Waals surface area contributed by atoms with Gasteiger partial charge in [0.15, 0.2) is 0 Å². The van der Waals surface area contributed by atoms with E-state index in [4.69, 9.17) is 0 Å². The van der Waals surface area contributed by atoms with Crippen LogP contribution >= 0.6 is 0 Å². The van der Waals surface area contributed by atoms with Crippen molar-refractivity contribution in [3.8, 4) is 5.69 Å². The molecular weight excluding hydrogens is 404 g/mol. The van der Waals surface area contributed by atoms with Crippen molar-refractivity contribution in [1.29, 1.82) is 0 Å². The third kappa shape index (κ3) is 4.96. The van der Waals surface area contributed by atoms with E-state index < -0.39 is 0 Å². The molecule has 1 unspecified atom stereocenters. The number of nitrogens with zero attached hydrogens (tertiary/aromatic N) is 5. The number of aryl methyl sites for hydroxylation is 1. The van der Waals surface area contributed by atoms with E-state index in [0.717, 1.165) is 23.2 Å². The van der Waals surface area contributed by atoms with E-state index in [1.165, 1.54) is 6.33 Å². The molecule has 1 aliphatic rings. The van der Waals surface area contributed by atoms with Crippen molar-refractivity contribution in [2.45, 2.75) is 26.3 Å². The average Bonchev–Trinajstić information content (AvgIpc) is 3.23. The Morgan fingerprint density at radius 2 is 1.75 bits per heavy atom. The number of hydrogen-bond donors (Lipinski definition) is 1. The van der Waals surface area contributed by atoms with E-state index in [1.54, 1.807) is 15.9 Å². The maximum atomic E-state index is 12.9. The minimum absolute atomic E-state index is 0.0248. The van der Waals surface area contributed by atoms with Crippen LogP contribution in [0.5, 0.6) is 0 Å². The van der Waals surface area contributed by atoms with Gasteiger partial charge >= 0.3 is 6.03 Å². The smallest absolute Gasteiger partial charge is 0.317 e. The lowest BCUT2D eigenvalue weighted by Crippen LogP contribution is -2.43. The molecule has 0 bridgehead atoms. The molecule has 1 saturated heterocycles. The number of aromatic nitrogens is 3. The second-order valence-electron chi connectivity index (χ2n) is 8.11. The fraction of sp³-hybridized carbons (Fsp3) is 0.333. The third-order valence-corrected chi connectivity index (χ3v) is 5.75. The molecule has 2 heterocycles. The van der Waals surface area contributed by atoms with Crippen LogP contribution in [0.1, 0.15) is 40.9 Å². The normalized spacial score (nSPS) is 15.2. The number of nitrogens with one attached hydrogen (secondary N) is 1. The van der Waals surface area contributed by atoms with E-state index in [-0.39, 0.29) is 18.0 Å². The highest BCUT2D eigenvalue weighted by atomic mass is 16.2. The van der Waals surface area contributed by atoms with Gasteiger partial charge in [0.25, 0.3) is 5.91 Å². The van der Waals surface area contributed by atoms with Crippen LogP contribution in [0.15, 0.2) is 61.2 Å². The Morgan fingerprint density at radius 3 is 2.47 bits per heavy atom. The lowest BCUT2D eigenvalue weighted by atomic mass is 10.1. The zero-order valence-electron chi connectivity index (χ0n) is 18.4. The molecule has 2 aromatic carbocycles. The Hall–Kier alpha value is -3.68. The van der Waals surface area contributed by atoms with Crippen molar-refractivity contribution in [3.63, 3.8) is 0 Å². The van der Waals surface area contributed by atoms with Crippen molar-refractivity contribution in [3.05, 3.63) is 77.9 Å². The minimum atomic E-state index is -0.138. The monoisotopic (exact) mass is 432 g/mol. The van der Waals surface area contributed by atoms with Crippen LogP contribution in [0, 0.1) is 6.92 Å². The molecule has 3 amide bonds. The molecule has 1 aliphatic heterocycles. The average molecular weight is 433 g/mol. The largest absolute Gasteiger partial charge is 0.337 e. The highest BCUT2D eigenvalue weighted by Crippen LogP contribution is 2.16. The SMILES string of the molecule is Cc1cccc(C(=O)N2CCCN(C(=O)NC(C)c3ccc(-n4cncn4)cc3)CC2)c1. The van der Waals surface area contributed by atoms with Crippen LogP contribution in [-0.2, 0) is 0 Å². The first-order valence-electron chi connectivity index (χ1n) is 10.9. The minimum Gasteiger partial charge on any atom is -0.337 e. The van der Waals surface area contributed by atoms with Gasteiger partial charge < -0.3 is 15.1 Å². The number of urea groups is 1. The Kier molecular flexibility index (Phi) is 6.49. The summed E-state index contributed by atoms with van der Waals surface area (Å²) in [5.74, 6) is 0.0248. The summed E-state index contributed by atoms with van der Waals surface area (Å²) in [6.45, 7) is 6.27. The van der Waals surface area contributed by atoms with Crippen molar-refractivity contribution in [1.82, 2.24) is 29.9 Å². The Labute approximate surface area is 187 Å². The number of hydrogen-bond acceptors (Lipinski definition) is 4. The van der Waals surface area contributed by atoms with Gasteiger partial charge in [-0.1, -0.05) is 29.8 Å². The fourth-order valence-electron chi connectivity index (χ4n) is 3.90. The first-order valence-corrected chi connectivity index (χ1v) is 10.9. The van der Waals surface area contributed by atoms with E-state index in [2.05, 4.69) is 15.4 Å². The van der Waals surface area contributed by atoms with Gasteiger partial charge in [0.05, 0.1) is 11.7 Å². The molecule has 1 atom stereocenters. The van der Waals surface area contributed by atoms with Crippen LogP contribution in [0.4, 0.5) is 4.79 Å². The first-order chi connectivity index (χ1) is 15.5. The van der Waals surface area contributed by atoms with Gasteiger partial charge in [0.1, 0.15) is 12.7 Å². The van der Waals surface area contributed by atoms with Gasteiger partial charge in [0.2, 0.25) is 0 Å². The first kappa shape index (κ1) is 21.5. The molecule has 3 aromatic rings. The zero-order chi connectivity index (χ0) is 22.5. The summed E-state index contributed by atoms with van der Waals surface area (Å²) in [6.07, 6.45) is 3.89. The number of amides is 3. The molecule has 8 nitrogen and oxygen atoms in total. The predicted octanol–water partition coefficient (Wildman–Crippen LogP) is 3.19. The molecule has 32 heavy (non-hydrogen) atoms. The summed E-state index contributed by atoms with van der Waals surface area (Å²) >= 11 is 0. The van der Waals surface area contributed by atoms with Crippen LogP contribution < -0.4 is 5.32 Å². The van der Waals surface area contributed by atoms with Crippen LogP contribution in [-0.4, -0.2) is 62.7 Å². The second-order valence-corrected chi connectivity index (χ2v) is 8.11. The summed E-state index contributed by atoms with van der Waals surface area (Å²) in [4.78, 5) is 33.3. The Morgan fingerprint density at radius 1 is 1.00 bits per heavy atom. The maximum absolute atomic E-state index is 12.9. The topological polar surface area (TPSA) is 83.4 Å². The van der Waals surface area contributed by atoms with Crippen molar-refractivity contribution in [2.75, 3.05) is 26.2 Å².